The van der Waals surface area contributed by atoms with Gasteiger partial charge >= 0.3 is 0 Å². The molecular formula is C14H21NO. The van der Waals surface area contributed by atoms with Crippen LogP contribution in [-0.4, -0.2) is 11.6 Å². The Labute approximate surface area is 98.4 Å². The normalized spacial score (nSPS) is 10.6. The molecule has 0 N–H and O–H groups in total. The number of hydrogen-bond donors (Lipinski definition) is 0. The first-order valence-electron chi connectivity index (χ1n) is 5.82. The van der Waals surface area contributed by atoms with E-state index < -0.39 is 0 Å². The van der Waals surface area contributed by atoms with Crippen LogP contribution in [0.2, 0.25) is 0 Å². The van der Waals surface area contributed by atoms with Crippen molar-refractivity contribution >= 4 is 5.57 Å². The van der Waals surface area contributed by atoms with Crippen molar-refractivity contribution in [1.29, 1.82) is 0 Å². The van der Waals surface area contributed by atoms with E-state index in [1.807, 2.05) is 13.0 Å². The minimum Gasteiger partial charge on any atom is -0.477 e. The van der Waals surface area contributed by atoms with Gasteiger partial charge in [-0.15, -0.1) is 0 Å². The Hall–Kier alpha value is -1.31. The van der Waals surface area contributed by atoms with E-state index >= 15 is 0 Å². The van der Waals surface area contributed by atoms with E-state index in [9.17, 15) is 0 Å². The zero-order chi connectivity index (χ0) is 12.1. The summed E-state index contributed by atoms with van der Waals surface area (Å²) >= 11 is 0. The van der Waals surface area contributed by atoms with Crippen LogP contribution in [0.5, 0.6) is 5.88 Å². The lowest BCUT2D eigenvalue weighted by Crippen LogP contribution is -2.08. The summed E-state index contributed by atoms with van der Waals surface area (Å²) in [5.74, 6) is 1.23. The van der Waals surface area contributed by atoms with Gasteiger partial charge in [0.1, 0.15) is 0 Å². The van der Waals surface area contributed by atoms with Gasteiger partial charge in [0.15, 0.2) is 0 Å². The number of aromatic nitrogens is 1. The van der Waals surface area contributed by atoms with Crippen LogP contribution in [0.3, 0.4) is 0 Å². The lowest BCUT2D eigenvalue weighted by Gasteiger charge is -2.14. The molecule has 2 heteroatoms. The Morgan fingerprint density at radius 2 is 2.19 bits per heavy atom. The number of hydrogen-bond acceptors (Lipinski definition) is 2. The van der Waals surface area contributed by atoms with Crippen LogP contribution in [-0.2, 0) is 6.42 Å². The predicted molar refractivity (Wildman–Crippen MR) is 68.7 cm³/mol. The molecule has 1 rings (SSSR count). The second-order valence-corrected chi connectivity index (χ2v) is 4.49. The molecule has 88 valence electrons. The van der Waals surface area contributed by atoms with Gasteiger partial charge in [-0.3, -0.25) is 0 Å². The second-order valence-electron chi connectivity index (χ2n) is 4.49. The van der Waals surface area contributed by atoms with Gasteiger partial charge < -0.3 is 4.74 Å². The van der Waals surface area contributed by atoms with E-state index in [0.717, 1.165) is 23.4 Å². The van der Waals surface area contributed by atoms with Crippen molar-refractivity contribution < 1.29 is 4.74 Å². The van der Waals surface area contributed by atoms with Gasteiger partial charge in [-0.25, -0.2) is 4.98 Å². The van der Waals surface area contributed by atoms with E-state index in [1.54, 1.807) is 6.20 Å². The quantitative estimate of drug-likeness (QED) is 0.753. The molecule has 0 aliphatic rings. The molecule has 16 heavy (non-hydrogen) atoms. The van der Waals surface area contributed by atoms with E-state index in [0.29, 0.717) is 12.5 Å². The first-order chi connectivity index (χ1) is 7.56. The first-order valence-corrected chi connectivity index (χ1v) is 5.82. The maximum absolute atomic E-state index is 5.73. The van der Waals surface area contributed by atoms with Crippen molar-refractivity contribution in [2.45, 2.75) is 34.1 Å². The molecule has 1 heterocycles. The summed E-state index contributed by atoms with van der Waals surface area (Å²) in [6.07, 6.45) is 2.78. The van der Waals surface area contributed by atoms with Crippen molar-refractivity contribution in [2.75, 3.05) is 6.61 Å². The Balaban J connectivity index is 3.02. The van der Waals surface area contributed by atoms with Gasteiger partial charge in [0.05, 0.1) is 6.61 Å². The molecule has 0 atom stereocenters. The molecule has 0 saturated heterocycles. The minimum atomic E-state index is 0.505. The third-order valence-corrected chi connectivity index (χ3v) is 2.36. The van der Waals surface area contributed by atoms with Gasteiger partial charge in [0, 0.05) is 11.8 Å². The fraction of sp³-hybridized carbons (Fsp3) is 0.500. The number of ether oxygens (including phenoxy) is 1. The van der Waals surface area contributed by atoms with Gasteiger partial charge in [0.25, 0.3) is 0 Å². The number of nitrogens with zero attached hydrogens (tertiary/aromatic N) is 1. The zero-order valence-corrected chi connectivity index (χ0v) is 10.7. The van der Waals surface area contributed by atoms with Crippen LogP contribution in [0.1, 0.15) is 38.8 Å². The number of pyridine rings is 1. The molecule has 0 bridgehead atoms. The van der Waals surface area contributed by atoms with E-state index in [1.165, 1.54) is 5.56 Å². The smallest absolute Gasteiger partial charge is 0.221 e. The molecule has 2 nitrogen and oxygen atoms in total. The van der Waals surface area contributed by atoms with Crippen LogP contribution < -0.4 is 4.74 Å². The van der Waals surface area contributed by atoms with Gasteiger partial charge in [-0.2, -0.15) is 0 Å². The molecule has 0 unspecified atom stereocenters. The number of aryl methyl sites for hydroxylation is 1. The summed E-state index contributed by atoms with van der Waals surface area (Å²) in [5.41, 5.74) is 3.34. The van der Waals surface area contributed by atoms with Crippen molar-refractivity contribution in [3.63, 3.8) is 0 Å². The average molecular weight is 219 g/mol. The summed E-state index contributed by atoms with van der Waals surface area (Å²) in [6.45, 7) is 13.1. The summed E-state index contributed by atoms with van der Waals surface area (Å²) in [4.78, 5) is 4.30. The van der Waals surface area contributed by atoms with Crippen LogP contribution in [0.4, 0.5) is 0 Å². The summed E-state index contributed by atoms with van der Waals surface area (Å²) in [5, 5.41) is 0. The van der Waals surface area contributed by atoms with E-state index in [4.69, 9.17) is 4.74 Å². The zero-order valence-electron chi connectivity index (χ0n) is 10.7. The molecule has 0 amide bonds. The third kappa shape index (κ3) is 3.09. The van der Waals surface area contributed by atoms with Crippen LogP contribution >= 0.6 is 0 Å². The molecule has 0 aliphatic heterocycles. The number of allylic oxidation sites excluding steroid dienone is 1. The highest BCUT2D eigenvalue weighted by molar-refractivity contribution is 5.68. The minimum absolute atomic E-state index is 0.505. The highest BCUT2D eigenvalue weighted by Gasteiger charge is 2.11. The maximum atomic E-state index is 5.73. The Kier molecular flexibility index (Phi) is 4.53. The standard InChI is InChI=1S/C14H21NO/c1-6-12-7-8-15-14(13(12)11(4)5)16-9-10(2)3/h7-8,10H,4,6,9H2,1-3,5H3. The average Bonchev–Trinajstić information content (AvgIpc) is 2.25. The summed E-state index contributed by atoms with van der Waals surface area (Å²) < 4.78 is 5.73. The van der Waals surface area contributed by atoms with E-state index in [2.05, 4.69) is 32.3 Å². The lowest BCUT2D eigenvalue weighted by molar-refractivity contribution is 0.260. The summed E-state index contributed by atoms with van der Waals surface area (Å²) in [6, 6.07) is 2.03. The highest BCUT2D eigenvalue weighted by Crippen LogP contribution is 2.27. The first kappa shape index (κ1) is 12.8. The molecule has 0 spiro atoms. The van der Waals surface area contributed by atoms with E-state index in [-0.39, 0.29) is 0 Å². The van der Waals surface area contributed by atoms with Crippen LogP contribution in [0.15, 0.2) is 18.8 Å². The van der Waals surface area contributed by atoms with Gasteiger partial charge in [-0.05, 0) is 36.5 Å². The molecule has 0 saturated carbocycles. The van der Waals surface area contributed by atoms with Crippen molar-refractivity contribution in [3.05, 3.63) is 30.0 Å². The van der Waals surface area contributed by atoms with Crippen molar-refractivity contribution in [3.8, 4) is 5.88 Å². The van der Waals surface area contributed by atoms with Crippen LogP contribution in [0, 0.1) is 5.92 Å². The van der Waals surface area contributed by atoms with Crippen molar-refractivity contribution in [2.24, 2.45) is 5.92 Å². The van der Waals surface area contributed by atoms with Gasteiger partial charge in [0.2, 0.25) is 5.88 Å². The molecule has 0 aromatic carbocycles. The maximum Gasteiger partial charge on any atom is 0.221 e. The van der Waals surface area contributed by atoms with Crippen molar-refractivity contribution in [1.82, 2.24) is 4.98 Å². The Bertz CT molecular complexity index is 369. The molecule has 0 fully saturated rings. The second kappa shape index (κ2) is 5.69. The largest absolute Gasteiger partial charge is 0.477 e. The lowest BCUT2D eigenvalue weighted by atomic mass is 10.0. The van der Waals surface area contributed by atoms with Crippen LogP contribution in [0.25, 0.3) is 5.57 Å². The number of rotatable bonds is 5. The SMILES string of the molecule is C=C(C)c1c(CC)ccnc1OCC(C)C. The monoisotopic (exact) mass is 219 g/mol. The molecule has 1 aromatic rings. The molecule has 0 radical (unpaired) electrons. The van der Waals surface area contributed by atoms with Gasteiger partial charge in [-0.1, -0.05) is 27.4 Å². The fourth-order valence-electron chi connectivity index (χ4n) is 1.59. The molecule has 1 aromatic heterocycles. The predicted octanol–water partition coefficient (Wildman–Crippen LogP) is 3.71. The Morgan fingerprint density at radius 1 is 1.50 bits per heavy atom. The Morgan fingerprint density at radius 3 is 2.69 bits per heavy atom. The molecule has 0 aliphatic carbocycles. The highest BCUT2D eigenvalue weighted by atomic mass is 16.5. The summed E-state index contributed by atoms with van der Waals surface area (Å²) in [7, 11) is 0. The third-order valence-electron chi connectivity index (χ3n) is 2.36. The fourth-order valence-corrected chi connectivity index (χ4v) is 1.59. The molecular weight excluding hydrogens is 198 g/mol. The topological polar surface area (TPSA) is 22.1 Å².